The number of nitrogens with zero attached hydrogens (tertiary/aromatic N) is 1. The lowest BCUT2D eigenvalue weighted by atomic mass is 9.97. The van der Waals surface area contributed by atoms with E-state index >= 15 is 0 Å². The second-order valence-electron chi connectivity index (χ2n) is 16.7. The largest absolute Gasteiger partial charge is 0.481 e. The first kappa shape index (κ1) is 69.0. The molecule has 0 aliphatic heterocycles. The highest BCUT2D eigenvalue weighted by atomic mass is 127. The zero-order valence-electron chi connectivity index (χ0n) is 42.6. The maximum atomic E-state index is 11.7. The number of benzene rings is 5. The van der Waals surface area contributed by atoms with Gasteiger partial charge in [0.05, 0.1) is 26.1 Å². The van der Waals surface area contributed by atoms with Gasteiger partial charge in [0.2, 0.25) is 11.8 Å². The highest BCUT2D eigenvalue weighted by Crippen LogP contribution is 2.17. The number of methoxy groups -OCH3 is 2. The lowest BCUT2D eigenvalue weighted by Gasteiger charge is -2.25. The molecule has 0 heterocycles. The van der Waals surface area contributed by atoms with Crippen LogP contribution in [0.2, 0.25) is 0 Å². The number of ether oxygens (including phenoxy) is 2. The molecule has 0 aromatic heterocycles. The van der Waals surface area contributed by atoms with E-state index in [1.54, 1.807) is 14.0 Å². The molecule has 5 aromatic carbocycles. The highest BCUT2D eigenvalue weighted by molar-refractivity contribution is 14.1. The topological polar surface area (TPSA) is 240 Å². The molecule has 6 N–H and O–H groups in total. The lowest BCUT2D eigenvalue weighted by molar-refractivity contribution is -0.151. The van der Waals surface area contributed by atoms with Gasteiger partial charge in [0, 0.05) is 51.6 Å². The third-order valence-corrected chi connectivity index (χ3v) is 14.4. The summed E-state index contributed by atoms with van der Waals surface area (Å²) in [5.74, 6) is -4.04. The number of hydrogen-bond acceptors (Lipinski definition) is 10. The lowest BCUT2D eigenvalue weighted by Crippen LogP contribution is -2.43. The van der Waals surface area contributed by atoms with Gasteiger partial charge in [-0.25, -0.2) is 9.59 Å². The van der Waals surface area contributed by atoms with Crippen LogP contribution in [0.3, 0.4) is 0 Å². The number of carbonyl (C=O) groups excluding carboxylic acids is 4. The Balaban J connectivity index is 0.000000471. The fourth-order valence-corrected chi connectivity index (χ4v) is 8.17. The minimum absolute atomic E-state index is 0.0185. The molecular formula is C55H64I5N3O12. The number of carboxylic acids is 3. The first-order valence-electron chi connectivity index (χ1n) is 23.1. The van der Waals surface area contributed by atoms with Crippen LogP contribution in [0.25, 0.3) is 0 Å². The number of likely N-dealkylation sites (N-methyl/N-ethyl adjacent to an activating group) is 1. The minimum Gasteiger partial charge on any atom is -0.481 e. The molecule has 0 saturated heterocycles. The van der Waals surface area contributed by atoms with E-state index in [0.717, 1.165) is 45.8 Å². The molecule has 0 saturated carbocycles. The van der Waals surface area contributed by atoms with Crippen molar-refractivity contribution in [2.45, 2.75) is 84.3 Å². The second-order valence-corrected chi connectivity index (χ2v) is 23.0. The summed E-state index contributed by atoms with van der Waals surface area (Å²) >= 11 is 11.1. The number of carbonyl (C=O) groups is 7. The summed E-state index contributed by atoms with van der Waals surface area (Å²) < 4.78 is 15.2. The van der Waals surface area contributed by atoms with Gasteiger partial charge in [0.15, 0.2) is 0 Å². The molecule has 0 fully saturated rings. The first-order chi connectivity index (χ1) is 35.3. The van der Waals surface area contributed by atoms with Crippen molar-refractivity contribution >= 4 is 155 Å². The Kier molecular flexibility index (Phi) is 34.7. The number of amides is 2. The Hall–Kier alpha value is -4.00. The van der Waals surface area contributed by atoms with Gasteiger partial charge in [-0.05, 0) is 227 Å². The van der Waals surface area contributed by atoms with Crippen LogP contribution >= 0.6 is 113 Å². The van der Waals surface area contributed by atoms with Crippen LogP contribution in [-0.2, 0) is 75.1 Å². The Morgan fingerprint density at radius 1 is 0.520 bits per heavy atom. The molecule has 5 rings (SSSR count). The van der Waals surface area contributed by atoms with E-state index in [9.17, 15) is 33.6 Å². The Bertz CT molecular complexity index is 2490. The van der Waals surface area contributed by atoms with E-state index in [0.29, 0.717) is 25.7 Å². The maximum absolute atomic E-state index is 11.7. The summed E-state index contributed by atoms with van der Waals surface area (Å²) in [6, 6.07) is 36.9. The molecule has 75 heavy (non-hydrogen) atoms. The molecule has 5 unspecified atom stereocenters. The number of rotatable bonds is 18. The smallest absolute Gasteiger partial charge is 0.328 e. The number of carboxylic acid groups (broad SMARTS) is 3. The molecule has 5 aromatic rings. The van der Waals surface area contributed by atoms with Crippen LogP contribution in [0, 0.1) is 29.7 Å². The molecular weight excluding hydrogens is 1530 g/mol. The van der Waals surface area contributed by atoms with Crippen molar-refractivity contribution in [1.82, 2.24) is 10.2 Å². The van der Waals surface area contributed by atoms with Crippen LogP contribution in [0.1, 0.15) is 61.9 Å². The van der Waals surface area contributed by atoms with Crippen molar-refractivity contribution in [1.29, 1.82) is 0 Å². The van der Waals surface area contributed by atoms with Gasteiger partial charge in [-0.3, -0.25) is 24.0 Å². The normalized spacial score (nSPS) is 12.1. The second kappa shape index (κ2) is 37.7. The standard InChI is InChI=1S/C13H16INO3.C12H15IO2.C11H12INO3.C10H11IO2.C9H10INO2/c1-9(16)15(2)12(13(17)18-3)8-10-4-6-11(14)7-5-10;1-3-10(12(14)15-2)8-9-4-6-11(13)7-5-9;1-7(14)13-10(11(15)16)6-8-2-4-9(12)5-3-8;1-7(10(12)13)6-8-2-4-9(11)5-3-8;10-7-3-1-6(2-4-7)5-8(11)9(12)13/h4-7,12H,8H2,1-3H3;4-7,10H,3,8H2,1-2H3;2-5,10H,6H2,1H3,(H,13,14)(H,15,16);2-5,7H,6H2,1H3,(H,12,13);1-4,8H,5,11H2,(H,12,13). The summed E-state index contributed by atoms with van der Waals surface area (Å²) in [6.45, 7) is 6.47. The zero-order valence-corrected chi connectivity index (χ0v) is 53.4. The highest BCUT2D eigenvalue weighted by Gasteiger charge is 2.26. The summed E-state index contributed by atoms with van der Waals surface area (Å²) in [5.41, 5.74) is 10.5. The summed E-state index contributed by atoms with van der Waals surface area (Å²) in [5, 5.41) is 28.6. The molecule has 0 bridgehead atoms. The maximum Gasteiger partial charge on any atom is 0.328 e. The number of nitrogens with one attached hydrogen (secondary N) is 1. The van der Waals surface area contributed by atoms with E-state index in [1.165, 1.54) is 45.7 Å². The predicted octanol–water partition coefficient (Wildman–Crippen LogP) is 10.1. The van der Waals surface area contributed by atoms with E-state index in [4.69, 9.17) is 30.5 Å². The van der Waals surface area contributed by atoms with Crippen LogP contribution < -0.4 is 11.1 Å². The van der Waals surface area contributed by atoms with E-state index in [-0.39, 0.29) is 29.6 Å². The molecule has 15 nitrogen and oxygen atoms in total. The van der Waals surface area contributed by atoms with Crippen LogP contribution in [0.15, 0.2) is 121 Å². The van der Waals surface area contributed by atoms with Crippen molar-refractivity contribution in [2.75, 3.05) is 21.3 Å². The van der Waals surface area contributed by atoms with Crippen molar-refractivity contribution in [3.8, 4) is 0 Å². The fraction of sp³-hybridized carbons (Fsp3) is 0.327. The van der Waals surface area contributed by atoms with Gasteiger partial charge in [-0.15, -0.1) is 0 Å². The van der Waals surface area contributed by atoms with Gasteiger partial charge < -0.3 is 40.7 Å². The minimum atomic E-state index is -1.02. The van der Waals surface area contributed by atoms with Crippen molar-refractivity contribution in [3.63, 3.8) is 0 Å². The fourth-order valence-electron chi connectivity index (χ4n) is 6.37. The molecule has 0 spiro atoms. The molecule has 0 radical (unpaired) electrons. The van der Waals surface area contributed by atoms with Crippen LogP contribution in [0.4, 0.5) is 0 Å². The number of halogens is 5. The summed E-state index contributed by atoms with van der Waals surface area (Å²) in [7, 11) is 4.38. The Morgan fingerprint density at radius 3 is 1.15 bits per heavy atom. The third-order valence-electron chi connectivity index (χ3n) is 10.8. The molecule has 20 heteroatoms. The SMILES string of the molecule is CC(=O)NC(Cc1ccc(I)cc1)C(=O)O.CC(Cc1ccc(I)cc1)C(=O)O.CCC(Cc1ccc(I)cc1)C(=O)OC.COC(=O)C(Cc1ccc(I)cc1)N(C)C(C)=O.NC(Cc1ccc(I)cc1)C(=O)O. The molecule has 0 aliphatic carbocycles. The van der Waals surface area contributed by atoms with E-state index < -0.39 is 42.0 Å². The van der Waals surface area contributed by atoms with Crippen LogP contribution in [0.5, 0.6) is 0 Å². The van der Waals surface area contributed by atoms with Gasteiger partial charge in [0.1, 0.15) is 18.1 Å². The average molecular weight is 1590 g/mol. The molecule has 2 amide bonds. The number of esters is 2. The van der Waals surface area contributed by atoms with Crippen LogP contribution in [-0.4, -0.2) is 101 Å². The van der Waals surface area contributed by atoms with Gasteiger partial charge in [-0.1, -0.05) is 74.5 Å². The molecule has 0 aliphatic rings. The summed E-state index contributed by atoms with van der Waals surface area (Å²) in [6.07, 6.45) is 3.32. The van der Waals surface area contributed by atoms with E-state index in [2.05, 4.69) is 143 Å². The number of hydrogen-bond donors (Lipinski definition) is 5. The van der Waals surface area contributed by atoms with Crippen molar-refractivity contribution < 1.29 is 58.4 Å². The van der Waals surface area contributed by atoms with E-state index in [1.807, 2.05) is 104 Å². The van der Waals surface area contributed by atoms with Gasteiger partial charge in [0.25, 0.3) is 0 Å². The van der Waals surface area contributed by atoms with Crippen molar-refractivity contribution in [3.05, 3.63) is 167 Å². The first-order valence-corrected chi connectivity index (χ1v) is 28.5. The predicted molar refractivity (Wildman–Crippen MR) is 332 cm³/mol. The number of aliphatic carboxylic acids is 3. The molecule has 5 atom stereocenters. The Labute approximate surface area is 508 Å². The van der Waals surface area contributed by atoms with Gasteiger partial charge in [-0.2, -0.15) is 0 Å². The third kappa shape index (κ3) is 29.9. The zero-order chi connectivity index (χ0) is 56.8. The van der Waals surface area contributed by atoms with Crippen molar-refractivity contribution in [2.24, 2.45) is 17.6 Å². The number of nitrogens with two attached hydrogens (primary N) is 1. The van der Waals surface area contributed by atoms with Gasteiger partial charge >= 0.3 is 29.8 Å². The summed E-state index contributed by atoms with van der Waals surface area (Å²) in [4.78, 5) is 78.6. The molecule has 406 valence electrons. The Morgan fingerprint density at radius 2 is 0.853 bits per heavy atom. The monoisotopic (exact) mass is 1590 g/mol. The average Bonchev–Trinajstić information content (AvgIpc) is 3.37. The quantitative estimate of drug-likeness (QED) is 0.0406.